The second kappa shape index (κ2) is 4.70. The molecule has 0 saturated carbocycles. The molecule has 0 atom stereocenters. The average Bonchev–Trinajstić information content (AvgIpc) is 2.99. The van der Waals surface area contributed by atoms with Crippen LogP contribution < -0.4 is 5.73 Å². The second-order valence-corrected chi connectivity index (χ2v) is 4.30. The fourth-order valence-electron chi connectivity index (χ4n) is 2.07. The van der Waals surface area contributed by atoms with Gasteiger partial charge in [-0.3, -0.25) is 0 Å². The molecule has 0 saturated heterocycles. The maximum Gasteiger partial charge on any atom is 0.338 e. The summed E-state index contributed by atoms with van der Waals surface area (Å²) in [6, 6.07) is 10.4. The van der Waals surface area contributed by atoms with Crippen LogP contribution in [0.15, 0.2) is 47.1 Å². The van der Waals surface area contributed by atoms with Gasteiger partial charge in [0.1, 0.15) is 5.69 Å². The van der Waals surface area contributed by atoms with E-state index < -0.39 is 5.97 Å². The standard InChI is InChI=1S/C15H12N2O3/c1-19-15(18)11-8-13(14-3-2-6-20-14)17-12-5-4-9(16)7-10(11)12/h2-8H,16H2,1H3. The van der Waals surface area contributed by atoms with Crippen molar-refractivity contribution < 1.29 is 13.9 Å². The van der Waals surface area contributed by atoms with E-state index in [1.165, 1.54) is 7.11 Å². The number of nitrogen functional groups attached to an aromatic ring is 1. The lowest BCUT2D eigenvalue weighted by molar-refractivity contribution is 0.0603. The minimum Gasteiger partial charge on any atom is -0.465 e. The Balaban J connectivity index is 2.31. The summed E-state index contributed by atoms with van der Waals surface area (Å²) in [5.74, 6) is 0.157. The fraction of sp³-hybridized carbons (Fsp3) is 0.0667. The number of fused-ring (bicyclic) bond motifs is 1. The summed E-state index contributed by atoms with van der Waals surface area (Å²) in [4.78, 5) is 16.4. The maximum atomic E-state index is 11.9. The van der Waals surface area contributed by atoms with Crippen molar-refractivity contribution in [3.05, 3.63) is 48.2 Å². The number of nitrogens with zero attached hydrogens (tertiary/aromatic N) is 1. The lowest BCUT2D eigenvalue weighted by Crippen LogP contribution is -2.04. The number of hydrogen-bond acceptors (Lipinski definition) is 5. The van der Waals surface area contributed by atoms with Crippen molar-refractivity contribution in [3.8, 4) is 11.5 Å². The van der Waals surface area contributed by atoms with Crippen LogP contribution >= 0.6 is 0 Å². The van der Waals surface area contributed by atoms with Crippen LogP contribution in [-0.2, 0) is 4.74 Å². The molecule has 0 spiro atoms. The summed E-state index contributed by atoms with van der Waals surface area (Å²) in [6.45, 7) is 0. The van der Waals surface area contributed by atoms with E-state index in [1.54, 1.807) is 42.7 Å². The molecule has 0 unspecified atom stereocenters. The monoisotopic (exact) mass is 268 g/mol. The van der Waals surface area contributed by atoms with Gasteiger partial charge < -0.3 is 14.9 Å². The predicted octanol–water partition coefficient (Wildman–Crippen LogP) is 2.86. The van der Waals surface area contributed by atoms with Crippen molar-refractivity contribution in [1.82, 2.24) is 4.98 Å². The van der Waals surface area contributed by atoms with E-state index in [4.69, 9.17) is 14.9 Å². The van der Waals surface area contributed by atoms with Gasteiger partial charge in [-0.1, -0.05) is 0 Å². The number of carbonyl (C=O) groups excluding carboxylic acids is 1. The number of anilines is 1. The van der Waals surface area contributed by atoms with Gasteiger partial charge in [-0.2, -0.15) is 0 Å². The zero-order valence-electron chi connectivity index (χ0n) is 10.8. The first-order valence-electron chi connectivity index (χ1n) is 6.01. The molecule has 3 aromatic rings. The van der Waals surface area contributed by atoms with E-state index in [9.17, 15) is 4.79 Å². The molecule has 2 heterocycles. The smallest absolute Gasteiger partial charge is 0.338 e. The van der Waals surface area contributed by atoms with E-state index in [0.29, 0.717) is 33.6 Å². The van der Waals surface area contributed by atoms with Gasteiger partial charge in [0.05, 0.1) is 24.5 Å². The Hall–Kier alpha value is -2.82. The van der Waals surface area contributed by atoms with Gasteiger partial charge in [0.2, 0.25) is 0 Å². The van der Waals surface area contributed by atoms with Gasteiger partial charge in [-0.15, -0.1) is 0 Å². The van der Waals surface area contributed by atoms with Gasteiger partial charge in [0, 0.05) is 11.1 Å². The zero-order chi connectivity index (χ0) is 14.1. The summed E-state index contributed by atoms with van der Waals surface area (Å²) in [5.41, 5.74) is 7.98. The number of pyridine rings is 1. The Morgan fingerprint density at radius 2 is 2.15 bits per heavy atom. The molecule has 0 aliphatic heterocycles. The average molecular weight is 268 g/mol. The van der Waals surface area contributed by atoms with Crippen LogP contribution in [0.3, 0.4) is 0 Å². The van der Waals surface area contributed by atoms with Crippen molar-refractivity contribution in [2.24, 2.45) is 0 Å². The molecule has 2 aromatic heterocycles. The Kier molecular flexibility index (Phi) is 2.87. The largest absolute Gasteiger partial charge is 0.465 e. The molecule has 1 aromatic carbocycles. The summed E-state index contributed by atoms with van der Waals surface area (Å²) < 4.78 is 10.1. The molecular formula is C15H12N2O3. The van der Waals surface area contributed by atoms with Crippen molar-refractivity contribution in [2.75, 3.05) is 12.8 Å². The van der Waals surface area contributed by atoms with Crippen LogP contribution in [-0.4, -0.2) is 18.1 Å². The van der Waals surface area contributed by atoms with E-state index in [-0.39, 0.29) is 0 Å². The molecule has 5 nitrogen and oxygen atoms in total. The molecule has 0 fully saturated rings. The van der Waals surface area contributed by atoms with Crippen LogP contribution in [0.2, 0.25) is 0 Å². The highest BCUT2D eigenvalue weighted by atomic mass is 16.5. The highest BCUT2D eigenvalue weighted by Crippen LogP contribution is 2.27. The summed E-state index contributed by atoms with van der Waals surface area (Å²) in [5, 5.41) is 0.659. The summed E-state index contributed by atoms with van der Waals surface area (Å²) >= 11 is 0. The number of rotatable bonds is 2. The third-order valence-electron chi connectivity index (χ3n) is 3.01. The Morgan fingerprint density at radius 1 is 1.30 bits per heavy atom. The van der Waals surface area contributed by atoms with Gasteiger partial charge >= 0.3 is 5.97 Å². The third-order valence-corrected chi connectivity index (χ3v) is 3.01. The second-order valence-electron chi connectivity index (χ2n) is 4.30. The van der Waals surface area contributed by atoms with Gasteiger partial charge in [-0.05, 0) is 36.4 Å². The van der Waals surface area contributed by atoms with Crippen molar-refractivity contribution >= 4 is 22.6 Å². The lowest BCUT2D eigenvalue weighted by atomic mass is 10.1. The maximum absolute atomic E-state index is 11.9. The number of methoxy groups -OCH3 is 1. The number of ether oxygens (including phenoxy) is 1. The molecule has 3 rings (SSSR count). The molecule has 0 aliphatic rings. The van der Waals surface area contributed by atoms with Crippen LogP contribution in [0, 0.1) is 0 Å². The van der Waals surface area contributed by atoms with Crippen molar-refractivity contribution in [2.45, 2.75) is 0 Å². The highest BCUT2D eigenvalue weighted by molar-refractivity contribution is 6.05. The van der Waals surface area contributed by atoms with E-state index >= 15 is 0 Å². The van der Waals surface area contributed by atoms with Gasteiger partial charge in [0.15, 0.2) is 5.76 Å². The number of carbonyl (C=O) groups is 1. The Labute approximate surface area is 115 Å². The molecule has 100 valence electrons. The first-order valence-corrected chi connectivity index (χ1v) is 6.01. The molecule has 0 bridgehead atoms. The SMILES string of the molecule is COC(=O)c1cc(-c2ccco2)nc2ccc(N)cc12. The minimum atomic E-state index is -0.434. The van der Waals surface area contributed by atoms with Crippen LogP contribution in [0.1, 0.15) is 10.4 Å². The number of hydrogen-bond donors (Lipinski definition) is 1. The number of nitrogens with two attached hydrogens (primary N) is 1. The zero-order valence-corrected chi connectivity index (χ0v) is 10.8. The molecule has 0 radical (unpaired) electrons. The van der Waals surface area contributed by atoms with Crippen LogP contribution in [0.25, 0.3) is 22.4 Å². The number of benzene rings is 1. The van der Waals surface area contributed by atoms with Gasteiger partial charge in [0.25, 0.3) is 0 Å². The molecule has 2 N–H and O–H groups in total. The van der Waals surface area contributed by atoms with E-state index in [0.717, 1.165) is 0 Å². The summed E-state index contributed by atoms with van der Waals surface area (Å²) in [7, 11) is 1.34. The van der Waals surface area contributed by atoms with Crippen LogP contribution in [0.5, 0.6) is 0 Å². The first-order chi connectivity index (χ1) is 9.69. The normalized spacial score (nSPS) is 10.7. The van der Waals surface area contributed by atoms with Crippen molar-refractivity contribution in [3.63, 3.8) is 0 Å². The number of esters is 1. The summed E-state index contributed by atoms with van der Waals surface area (Å²) in [6.07, 6.45) is 1.56. The molecular weight excluding hydrogens is 256 g/mol. The number of furan rings is 1. The Morgan fingerprint density at radius 3 is 2.85 bits per heavy atom. The quantitative estimate of drug-likeness (QED) is 0.571. The Bertz CT molecular complexity index is 779. The van der Waals surface area contributed by atoms with Crippen LogP contribution in [0.4, 0.5) is 5.69 Å². The topological polar surface area (TPSA) is 78.3 Å². The van der Waals surface area contributed by atoms with E-state index in [1.807, 2.05) is 0 Å². The van der Waals surface area contributed by atoms with Gasteiger partial charge in [-0.25, -0.2) is 9.78 Å². The highest BCUT2D eigenvalue weighted by Gasteiger charge is 2.15. The fourth-order valence-corrected chi connectivity index (χ4v) is 2.07. The third kappa shape index (κ3) is 1.99. The van der Waals surface area contributed by atoms with E-state index in [2.05, 4.69) is 4.98 Å². The molecule has 0 amide bonds. The molecule has 20 heavy (non-hydrogen) atoms. The van der Waals surface area contributed by atoms with Crippen molar-refractivity contribution in [1.29, 1.82) is 0 Å². The minimum absolute atomic E-state index is 0.413. The molecule has 5 heteroatoms. The number of aromatic nitrogens is 1. The molecule has 0 aliphatic carbocycles. The lowest BCUT2D eigenvalue weighted by Gasteiger charge is -2.07. The predicted molar refractivity (Wildman–Crippen MR) is 75.2 cm³/mol. The first kappa shape index (κ1) is 12.2.